The van der Waals surface area contributed by atoms with E-state index in [-0.39, 0.29) is 29.9 Å². The topological polar surface area (TPSA) is 50.4 Å². The van der Waals surface area contributed by atoms with Gasteiger partial charge < -0.3 is 11.1 Å². The minimum absolute atomic E-state index is 0. The van der Waals surface area contributed by atoms with Crippen molar-refractivity contribution in [2.24, 2.45) is 10.7 Å². The van der Waals surface area contributed by atoms with Crippen LogP contribution in [0.1, 0.15) is 24.0 Å². The smallest absolute Gasteiger partial charge is 0.257 e. The molecule has 2 rings (SSSR count). The van der Waals surface area contributed by atoms with E-state index in [2.05, 4.69) is 16.4 Å². The zero-order chi connectivity index (χ0) is 13.0. The number of anilines is 1. The summed E-state index contributed by atoms with van der Waals surface area (Å²) < 4.78 is 24.0. The number of hydrogen-bond acceptors (Lipinski definition) is 1. The van der Waals surface area contributed by atoms with Crippen molar-refractivity contribution in [3.63, 3.8) is 0 Å². The van der Waals surface area contributed by atoms with Gasteiger partial charge in [0, 0.05) is 5.69 Å². The Morgan fingerprint density at radius 2 is 2.05 bits per heavy atom. The zero-order valence-corrected chi connectivity index (χ0v) is 12.9. The molecule has 0 spiro atoms. The van der Waals surface area contributed by atoms with Gasteiger partial charge in [0.15, 0.2) is 5.96 Å². The number of rotatable bonds is 3. The maximum absolute atomic E-state index is 12.0. The zero-order valence-electron chi connectivity index (χ0n) is 10.5. The molecule has 0 heterocycles. The lowest BCUT2D eigenvalue weighted by molar-refractivity contribution is 0.158. The molecule has 0 atom stereocenters. The van der Waals surface area contributed by atoms with Crippen LogP contribution in [0.15, 0.2) is 23.2 Å². The molecule has 0 aliphatic heterocycles. The highest BCUT2D eigenvalue weighted by atomic mass is 127. The molecule has 3 N–H and O–H groups in total. The van der Waals surface area contributed by atoms with Gasteiger partial charge in [-0.05, 0) is 42.9 Å². The van der Waals surface area contributed by atoms with Gasteiger partial charge in [0.05, 0.1) is 0 Å². The Morgan fingerprint density at radius 3 is 2.79 bits per heavy atom. The summed E-state index contributed by atoms with van der Waals surface area (Å²) in [7, 11) is 0. The average Bonchev–Trinajstić information content (AvgIpc) is 2.37. The van der Waals surface area contributed by atoms with Crippen LogP contribution in [0, 0.1) is 0 Å². The van der Waals surface area contributed by atoms with Gasteiger partial charge in [0.1, 0.15) is 6.54 Å². The van der Waals surface area contributed by atoms with Crippen molar-refractivity contribution in [1.29, 1.82) is 0 Å². The number of nitrogens with two attached hydrogens (primary N) is 1. The van der Waals surface area contributed by atoms with Gasteiger partial charge in [0.2, 0.25) is 0 Å². The van der Waals surface area contributed by atoms with Crippen LogP contribution in [-0.2, 0) is 12.8 Å². The fraction of sp³-hybridized carbons (Fsp3) is 0.462. The molecule has 0 fully saturated rings. The molecule has 6 heteroatoms. The van der Waals surface area contributed by atoms with Crippen LogP contribution in [0.2, 0.25) is 0 Å². The highest BCUT2D eigenvalue weighted by molar-refractivity contribution is 14.0. The maximum atomic E-state index is 12.0. The quantitative estimate of drug-likeness (QED) is 0.480. The Morgan fingerprint density at radius 1 is 1.32 bits per heavy atom. The number of halogens is 3. The van der Waals surface area contributed by atoms with Gasteiger partial charge in [-0.3, -0.25) is 0 Å². The summed E-state index contributed by atoms with van der Waals surface area (Å²) in [6.45, 7) is -0.562. The number of nitrogens with zero attached hydrogens (tertiary/aromatic N) is 1. The third-order valence-corrected chi connectivity index (χ3v) is 3.06. The molecule has 0 radical (unpaired) electrons. The molecule has 1 aliphatic rings. The summed E-state index contributed by atoms with van der Waals surface area (Å²) in [6.07, 6.45) is 1.96. The van der Waals surface area contributed by atoms with Gasteiger partial charge in [-0.25, -0.2) is 13.8 Å². The Hall–Kier alpha value is -0.920. The van der Waals surface area contributed by atoms with Crippen LogP contribution in [-0.4, -0.2) is 18.9 Å². The molecule has 0 saturated carbocycles. The van der Waals surface area contributed by atoms with Crippen LogP contribution in [0.3, 0.4) is 0 Å². The summed E-state index contributed by atoms with van der Waals surface area (Å²) in [4.78, 5) is 3.60. The van der Waals surface area contributed by atoms with Crippen LogP contribution in [0.25, 0.3) is 0 Å². The molecule has 3 nitrogen and oxygen atoms in total. The number of benzene rings is 1. The average molecular weight is 381 g/mol. The minimum atomic E-state index is -2.46. The van der Waals surface area contributed by atoms with Gasteiger partial charge in [0.25, 0.3) is 6.43 Å². The van der Waals surface area contributed by atoms with E-state index < -0.39 is 13.0 Å². The third-order valence-electron chi connectivity index (χ3n) is 3.06. The lowest BCUT2D eigenvalue weighted by Gasteiger charge is -2.19. The molecule has 0 amide bonds. The SMILES string of the molecule is I.NC(=NCC(F)F)Nc1cccc2c1CCCC2. The van der Waals surface area contributed by atoms with Gasteiger partial charge >= 0.3 is 0 Å². The van der Waals surface area contributed by atoms with E-state index >= 15 is 0 Å². The fourth-order valence-corrected chi connectivity index (χ4v) is 2.24. The molecule has 0 aromatic heterocycles. The lowest BCUT2D eigenvalue weighted by atomic mass is 9.90. The van der Waals surface area contributed by atoms with Gasteiger partial charge in [-0.15, -0.1) is 24.0 Å². The first kappa shape index (κ1) is 16.1. The molecule has 1 aromatic carbocycles. The van der Waals surface area contributed by atoms with Crippen LogP contribution < -0.4 is 11.1 Å². The Balaban J connectivity index is 0.00000180. The highest BCUT2D eigenvalue weighted by Gasteiger charge is 2.13. The number of aliphatic imine (C=N–C) groups is 1. The van der Waals surface area contributed by atoms with Crippen molar-refractivity contribution in [1.82, 2.24) is 0 Å². The van der Waals surface area contributed by atoms with E-state index in [1.54, 1.807) is 0 Å². The molecule has 0 bridgehead atoms. The van der Waals surface area contributed by atoms with Crippen molar-refractivity contribution in [2.75, 3.05) is 11.9 Å². The summed E-state index contributed by atoms with van der Waals surface area (Å²) in [6, 6.07) is 5.97. The number of aryl methyl sites for hydroxylation is 1. The fourth-order valence-electron chi connectivity index (χ4n) is 2.24. The Labute approximate surface area is 128 Å². The largest absolute Gasteiger partial charge is 0.370 e. The second-order valence-corrected chi connectivity index (χ2v) is 4.39. The third kappa shape index (κ3) is 4.59. The first-order valence-electron chi connectivity index (χ1n) is 6.12. The van der Waals surface area contributed by atoms with Gasteiger partial charge in [-0.2, -0.15) is 0 Å². The van der Waals surface area contributed by atoms with Crippen LogP contribution in [0.5, 0.6) is 0 Å². The van der Waals surface area contributed by atoms with E-state index in [0.717, 1.165) is 24.9 Å². The molecule has 0 saturated heterocycles. The number of nitrogens with one attached hydrogen (secondary N) is 1. The summed E-state index contributed by atoms with van der Waals surface area (Å²) in [5.41, 5.74) is 9.03. The van der Waals surface area contributed by atoms with Crippen molar-refractivity contribution >= 4 is 35.6 Å². The number of fused-ring (bicyclic) bond motifs is 1. The van der Waals surface area contributed by atoms with E-state index in [1.165, 1.54) is 17.5 Å². The maximum Gasteiger partial charge on any atom is 0.257 e. The standard InChI is InChI=1S/C13H17F2N3.HI/c14-12(15)8-17-13(16)18-11-7-3-5-9-4-1-2-6-10(9)11;/h3,5,7,12H,1-2,4,6,8H2,(H3,16,17,18);1H. The molecule has 1 aromatic rings. The van der Waals surface area contributed by atoms with E-state index in [0.29, 0.717) is 0 Å². The molecular formula is C13H18F2IN3. The normalized spacial score (nSPS) is 14.8. The first-order valence-corrected chi connectivity index (χ1v) is 6.12. The highest BCUT2D eigenvalue weighted by Crippen LogP contribution is 2.27. The predicted octanol–water partition coefficient (Wildman–Crippen LogP) is 3.18. The number of alkyl halides is 2. The number of guanidine groups is 1. The molecule has 106 valence electrons. The second kappa shape index (κ2) is 7.62. The molecule has 19 heavy (non-hydrogen) atoms. The van der Waals surface area contributed by atoms with Crippen molar-refractivity contribution < 1.29 is 8.78 Å². The first-order chi connectivity index (χ1) is 8.66. The molecular weight excluding hydrogens is 363 g/mol. The summed E-state index contributed by atoms with van der Waals surface area (Å²) >= 11 is 0. The Bertz CT molecular complexity index is 450. The van der Waals surface area contributed by atoms with E-state index in [9.17, 15) is 8.78 Å². The van der Waals surface area contributed by atoms with Crippen molar-refractivity contribution in [3.05, 3.63) is 29.3 Å². The monoisotopic (exact) mass is 381 g/mol. The summed E-state index contributed by atoms with van der Waals surface area (Å²) in [5.74, 6) is 0.0503. The number of hydrogen-bond donors (Lipinski definition) is 2. The predicted molar refractivity (Wildman–Crippen MR) is 84.6 cm³/mol. The minimum Gasteiger partial charge on any atom is -0.370 e. The second-order valence-electron chi connectivity index (χ2n) is 4.39. The summed E-state index contributed by atoms with van der Waals surface area (Å²) in [5, 5.41) is 2.92. The van der Waals surface area contributed by atoms with Crippen molar-refractivity contribution in [3.8, 4) is 0 Å². The van der Waals surface area contributed by atoms with Crippen LogP contribution in [0.4, 0.5) is 14.5 Å². The lowest BCUT2D eigenvalue weighted by Crippen LogP contribution is -2.25. The molecule has 1 aliphatic carbocycles. The van der Waals surface area contributed by atoms with Crippen LogP contribution >= 0.6 is 24.0 Å². The van der Waals surface area contributed by atoms with E-state index in [4.69, 9.17) is 5.73 Å². The van der Waals surface area contributed by atoms with Crippen molar-refractivity contribution in [2.45, 2.75) is 32.1 Å². The van der Waals surface area contributed by atoms with E-state index in [1.807, 2.05) is 12.1 Å². The molecule has 0 unspecified atom stereocenters. The van der Waals surface area contributed by atoms with Gasteiger partial charge in [-0.1, -0.05) is 12.1 Å². The Kier molecular flexibility index (Phi) is 6.47.